The average Bonchev–Trinajstić information content (AvgIpc) is 2.28. The Morgan fingerprint density at radius 2 is 2.35 bits per heavy atom. The quantitative estimate of drug-likeness (QED) is 0.767. The zero-order chi connectivity index (χ0) is 12.4. The Morgan fingerprint density at radius 1 is 1.59 bits per heavy atom. The number of nitrogens with two attached hydrogens (primary N) is 1. The first-order chi connectivity index (χ1) is 8.08. The van der Waals surface area contributed by atoms with Crippen LogP contribution in [-0.4, -0.2) is 34.3 Å². The Labute approximate surface area is 106 Å². The van der Waals surface area contributed by atoms with E-state index in [1.807, 2.05) is 19.1 Å². The third-order valence-corrected chi connectivity index (χ3v) is 3.20. The van der Waals surface area contributed by atoms with Gasteiger partial charge in [0.25, 0.3) is 0 Å². The van der Waals surface area contributed by atoms with Crippen molar-refractivity contribution in [2.45, 2.75) is 25.9 Å². The number of β-amino-alcohol motifs (C(OH)–C–C–N with tert-alkyl or cyclic N) is 1. The maximum Gasteiger partial charge on any atom is 0.139 e. The molecule has 3 N–H and O–H groups in total. The normalized spacial score (nSPS) is 20.4. The van der Waals surface area contributed by atoms with Gasteiger partial charge in [-0.1, -0.05) is 12.2 Å². The lowest BCUT2D eigenvalue weighted by molar-refractivity contribution is 0.154. The molecule has 1 atom stereocenters. The van der Waals surface area contributed by atoms with E-state index < -0.39 is 0 Å². The fourth-order valence-electron chi connectivity index (χ4n) is 2.12. The molecule has 0 aromatic carbocycles. The van der Waals surface area contributed by atoms with Gasteiger partial charge in [-0.05, 0) is 31.9 Å². The molecular weight excluding hydrogens is 234 g/mol. The van der Waals surface area contributed by atoms with Crippen LogP contribution in [-0.2, 0) is 0 Å². The van der Waals surface area contributed by atoms with E-state index in [-0.39, 0.29) is 6.10 Å². The van der Waals surface area contributed by atoms with Crippen molar-refractivity contribution in [1.82, 2.24) is 4.98 Å². The number of hydrogen-bond acceptors (Lipinski definition) is 4. The second-order valence-corrected chi connectivity index (χ2v) is 4.87. The number of aliphatic hydroxyl groups excluding tert-OH is 1. The number of nitrogens with zero attached hydrogens (tertiary/aromatic N) is 2. The van der Waals surface area contributed by atoms with E-state index in [0.717, 1.165) is 36.5 Å². The summed E-state index contributed by atoms with van der Waals surface area (Å²) in [7, 11) is 0. The van der Waals surface area contributed by atoms with Gasteiger partial charge in [0.05, 0.1) is 11.7 Å². The SMILES string of the molecule is Cc1ccc(C(N)=S)c(N2CCCC(O)C2)n1. The first-order valence-corrected chi connectivity index (χ1v) is 6.19. The van der Waals surface area contributed by atoms with E-state index in [0.29, 0.717) is 11.5 Å². The molecule has 5 heteroatoms. The van der Waals surface area contributed by atoms with Gasteiger partial charge in [-0.25, -0.2) is 4.98 Å². The fraction of sp³-hybridized carbons (Fsp3) is 0.500. The highest BCUT2D eigenvalue weighted by Gasteiger charge is 2.21. The lowest BCUT2D eigenvalue weighted by Gasteiger charge is -2.32. The largest absolute Gasteiger partial charge is 0.391 e. The molecule has 1 aromatic heterocycles. The van der Waals surface area contributed by atoms with Gasteiger partial charge in [-0.15, -0.1) is 0 Å². The molecule has 2 heterocycles. The molecule has 92 valence electrons. The molecule has 1 saturated heterocycles. The lowest BCUT2D eigenvalue weighted by Crippen LogP contribution is -2.39. The predicted molar refractivity (Wildman–Crippen MR) is 72.3 cm³/mol. The van der Waals surface area contributed by atoms with Crippen molar-refractivity contribution in [3.63, 3.8) is 0 Å². The van der Waals surface area contributed by atoms with Crippen LogP contribution in [0.2, 0.25) is 0 Å². The van der Waals surface area contributed by atoms with Gasteiger partial charge < -0.3 is 15.7 Å². The van der Waals surface area contributed by atoms with E-state index >= 15 is 0 Å². The minimum absolute atomic E-state index is 0.287. The number of piperidine rings is 1. The number of thiocarbonyl (C=S) groups is 1. The molecule has 1 aliphatic rings. The molecule has 0 spiro atoms. The average molecular weight is 251 g/mol. The van der Waals surface area contributed by atoms with Gasteiger partial charge in [-0.3, -0.25) is 0 Å². The van der Waals surface area contributed by atoms with Crippen molar-refractivity contribution in [3.8, 4) is 0 Å². The number of rotatable bonds is 2. The van der Waals surface area contributed by atoms with Gasteiger partial charge >= 0.3 is 0 Å². The van der Waals surface area contributed by atoms with E-state index in [9.17, 15) is 5.11 Å². The zero-order valence-corrected chi connectivity index (χ0v) is 10.7. The zero-order valence-electron chi connectivity index (χ0n) is 9.89. The molecule has 0 aliphatic carbocycles. The van der Waals surface area contributed by atoms with Gasteiger partial charge in [0.15, 0.2) is 0 Å². The highest BCUT2D eigenvalue weighted by Crippen LogP contribution is 2.22. The van der Waals surface area contributed by atoms with Crippen LogP contribution in [0, 0.1) is 6.92 Å². The maximum absolute atomic E-state index is 9.71. The van der Waals surface area contributed by atoms with Gasteiger partial charge in [0, 0.05) is 18.8 Å². The highest BCUT2D eigenvalue weighted by atomic mass is 32.1. The molecule has 0 amide bonds. The Hall–Kier alpha value is -1.20. The van der Waals surface area contributed by atoms with Crippen molar-refractivity contribution in [1.29, 1.82) is 0 Å². The molecule has 1 unspecified atom stereocenters. The molecule has 0 bridgehead atoms. The van der Waals surface area contributed by atoms with Crippen LogP contribution in [0.5, 0.6) is 0 Å². The monoisotopic (exact) mass is 251 g/mol. The summed E-state index contributed by atoms with van der Waals surface area (Å²) in [6.45, 7) is 3.43. The summed E-state index contributed by atoms with van der Waals surface area (Å²) in [6, 6.07) is 3.80. The standard InChI is InChI=1S/C12H17N3OS/c1-8-4-5-10(11(13)17)12(14-8)15-6-2-3-9(16)7-15/h4-5,9,16H,2-3,6-7H2,1H3,(H2,13,17). The molecule has 1 fully saturated rings. The van der Waals surface area contributed by atoms with Crippen LogP contribution in [0.25, 0.3) is 0 Å². The van der Waals surface area contributed by atoms with Crippen molar-refractivity contribution in [2.75, 3.05) is 18.0 Å². The molecular formula is C12H17N3OS. The smallest absolute Gasteiger partial charge is 0.139 e. The van der Waals surface area contributed by atoms with Crippen molar-refractivity contribution in [3.05, 3.63) is 23.4 Å². The van der Waals surface area contributed by atoms with Crippen LogP contribution < -0.4 is 10.6 Å². The van der Waals surface area contributed by atoms with Gasteiger partial charge in [0.2, 0.25) is 0 Å². The van der Waals surface area contributed by atoms with Crippen LogP contribution in [0.3, 0.4) is 0 Å². The van der Waals surface area contributed by atoms with E-state index in [1.165, 1.54) is 0 Å². The third kappa shape index (κ3) is 2.73. The summed E-state index contributed by atoms with van der Waals surface area (Å²) in [4.78, 5) is 6.92. The number of aromatic nitrogens is 1. The summed E-state index contributed by atoms with van der Waals surface area (Å²) >= 11 is 5.04. The number of anilines is 1. The Kier molecular flexibility index (Phi) is 3.59. The summed E-state index contributed by atoms with van der Waals surface area (Å²) in [5.41, 5.74) is 7.43. The fourth-order valence-corrected chi connectivity index (χ4v) is 2.28. The number of hydrogen-bond donors (Lipinski definition) is 2. The van der Waals surface area contributed by atoms with Crippen LogP contribution >= 0.6 is 12.2 Å². The first-order valence-electron chi connectivity index (χ1n) is 5.78. The maximum atomic E-state index is 9.71. The molecule has 1 aromatic rings. The predicted octanol–water partition coefficient (Wildman–Crippen LogP) is 0.985. The molecule has 0 radical (unpaired) electrons. The van der Waals surface area contributed by atoms with Crippen LogP contribution in [0.4, 0.5) is 5.82 Å². The summed E-state index contributed by atoms with van der Waals surface area (Å²) in [5, 5.41) is 9.71. The summed E-state index contributed by atoms with van der Waals surface area (Å²) < 4.78 is 0. The van der Waals surface area contributed by atoms with Crippen molar-refractivity contribution >= 4 is 23.0 Å². The highest BCUT2D eigenvalue weighted by molar-refractivity contribution is 7.80. The van der Waals surface area contributed by atoms with Crippen molar-refractivity contribution in [2.24, 2.45) is 5.73 Å². The van der Waals surface area contributed by atoms with E-state index in [4.69, 9.17) is 18.0 Å². The van der Waals surface area contributed by atoms with Crippen LogP contribution in [0.15, 0.2) is 12.1 Å². The lowest BCUT2D eigenvalue weighted by atomic mass is 10.1. The molecule has 1 aliphatic heterocycles. The Morgan fingerprint density at radius 3 is 3.00 bits per heavy atom. The Balaban J connectivity index is 2.35. The number of aryl methyl sites for hydroxylation is 1. The number of aliphatic hydroxyl groups is 1. The summed E-state index contributed by atoms with van der Waals surface area (Å²) in [6.07, 6.45) is 1.53. The van der Waals surface area contributed by atoms with Crippen molar-refractivity contribution < 1.29 is 5.11 Å². The number of pyridine rings is 1. The second-order valence-electron chi connectivity index (χ2n) is 4.43. The summed E-state index contributed by atoms with van der Waals surface area (Å²) in [5.74, 6) is 0.802. The molecule has 0 saturated carbocycles. The molecule has 4 nitrogen and oxygen atoms in total. The topological polar surface area (TPSA) is 62.4 Å². The van der Waals surface area contributed by atoms with Gasteiger partial charge in [-0.2, -0.15) is 0 Å². The minimum atomic E-state index is -0.287. The Bertz CT molecular complexity index is 436. The minimum Gasteiger partial charge on any atom is -0.391 e. The third-order valence-electron chi connectivity index (χ3n) is 2.98. The van der Waals surface area contributed by atoms with Gasteiger partial charge in [0.1, 0.15) is 10.8 Å². The molecule has 2 rings (SSSR count). The van der Waals surface area contributed by atoms with Crippen LogP contribution in [0.1, 0.15) is 24.1 Å². The second kappa shape index (κ2) is 4.98. The van der Waals surface area contributed by atoms with E-state index in [1.54, 1.807) is 0 Å². The molecule has 17 heavy (non-hydrogen) atoms. The first kappa shape index (κ1) is 12.3. The van der Waals surface area contributed by atoms with E-state index in [2.05, 4.69) is 9.88 Å².